The SMILES string of the molecule is Cc1ccccc1/C=N\N1CC(=O)N2[C@@H](c3ccccc3)c3[nH]c4ccccc4c3C[C@H]2C1=O. The highest BCUT2D eigenvalue weighted by Gasteiger charge is 2.48. The molecule has 168 valence electrons. The Labute approximate surface area is 197 Å². The number of aromatic nitrogens is 1. The molecule has 0 saturated carbocycles. The number of carbonyl (C=O) groups excluding carboxylic acids is 2. The van der Waals surface area contributed by atoms with Crippen LogP contribution in [-0.4, -0.2) is 45.5 Å². The summed E-state index contributed by atoms with van der Waals surface area (Å²) in [6, 6.07) is 24.9. The van der Waals surface area contributed by atoms with Crippen LogP contribution in [-0.2, 0) is 16.0 Å². The predicted molar refractivity (Wildman–Crippen MR) is 131 cm³/mol. The topological polar surface area (TPSA) is 68.8 Å². The van der Waals surface area contributed by atoms with Crippen molar-refractivity contribution in [2.75, 3.05) is 6.54 Å². The van der Waals surface area contributed by atoms with Crippen LogP contribution in [0, 0.1) is 6.92 Å². The van der Waals surface area contributed by atoms with Crippen LogP contribution >= 0.6 is 0 Å². The Morgan fingerprint density at radius 3 is 2.50 bits per heavy atom. The van der Waals surface area contributed by atoms with Gasteiger partial charge in [-0.05, 0) is 35.2 Å². The van der Waals surface area contributed by atoms with Crippen molar-refractivity contribution in [3.63, 3.8) is 0 Å². The standard InChI is InChI=1S/C28H24N4O2/c1-18-9-5-6-12-20(18)16-29-31-17-25(33)32-24(28(31)34)15-22-21-13-7-8-14-23(21)30-26(22)27(32)19-10-3-2-4-11-19/h2-14,16,24,27,30H,15,17H2,1H3/b29-16-/t24-,27-/m0/s1. The maximum absolute atomic E-state index is 13.7. The molecule has 0 bridgehead atoms. The van der Waals surface area contributed by atoms with Gasteiger partial charge in [0, 0.05) is 23.0 Å². The number of aryl methyl sites for hydroxylation is 1. The number of fused-ring (bicyclic) bond motifs is 4. The monoisotopic (exact) mass is 448 g/mol. The second kappa shape index (κ2) is 7.99. The van der Waals surface area contributed by atoms with Crippen molar-refractivity contribution in [3.8, 4) is 0 Å². The third kappa shape index (κ3) is 3.22. The lowest BCUT2D eigenvalue weighted by atomic mass is 9.86. The second-order valence-corrected chi connectivity index (χ2v) is 8.89. The molecule has 2 aliphatic rings. The summed E-state index contributed by atoms with van der Waals surface area (Å²) >= 11 is 0. The van der Waals surface area contributed by atoms with Gasteiger partial charge in [-0.15, -0.1) is 0 Å². The van der Waals surface area contributed by atoms with Crippen LogP contribution in [0.2, 0.25) is 0 Å². The molecule has 34 heavy (non-hydrogen) atoms. The van der Waals surface area contributed by atoms with E-state index >= 15 is 0 Å². The number of hydrogen-bond acceptors (Lipinski definition) is 3. The highest BCUT2D eigenvalue weighted by atomic mass is 16.2. The summed E-state index contributed by atoms with van der Waals surface area (Å²) in [6.45, 7) is 1.92. The number of nitrogens with zero attached hydrogens (tertiary/aromatic N) is 3. The molecule has 0 radical (unpaired) electrons. The molecule has 3 heterocycles. The molecule has 6 heteroatoms. The fourth-order valence-corrected chi connectivity index (χ4v) is 5.19. The number of hydrogen-bond donors (Lipinski definition) is 1. The summed E-state index contributed by atoms with van der Waals surface area (Å²) < 4.78 is 0. The van der Waals surface area contributed by atoms with Gasteiger partial charge in [-0.1, -0.05) is 72.8 Å². The number of aromatic amines is 1. The minimum atomic E-state index is -0.604. The van der Waals surface area contributed by atoms with Crippen molar-refractivity contribution in [2.24, 2.45) is 5.10 Å². The van der Waals surface area contributed by atoms with Gasteiger partial charge in [0.25, 0.3) is 5.91 Å². The van der Waals surface area contributed by atoms with E-state index in [1.165, 1.54) is 5.01 Å². The number of hydrazone groups is 1. The smallest absolute Gasteiger partial charge is 0.266 e. The van der Waals surface area contributed by atoms with Gasteiger partial charge in [-0.3, -0.25) is 9.59 Å². The van der Waals surface area contributed by atoms with E-state index in [1.54, 1.807) is 11.1 Å². The number of H-pyrrole nitrogens is 1. The zero-order valence-electron chi connectivity index (χ0n) is 18.8. The molecule has 4 aromatic rings. The van der Waals surface area contributed by atoms with Crippen molar-refractivity contribution >= 4 is 28.9 Å². The Bertz CT molecular complexity index is 1440. The average molecular weight is 449 g/mol. The second-order valence-electron chi connectivity index (χ2n) is 8.89. The van der Waals surface area contributed by atoms with E-state index in [9.17, 15) is 9.59 Å². The Hall–Kier alpha value is -4.19. The van der Waals surface area contributed by atoms with E-state index in [4.69, 9.17) is 0 Å². The van der Waals surface area contributed by atoms with E-state index in [1.807, 2.05) is 79.7 Å². The van der Waals surface area contributed by atoms with Crippen LogP contribution in [0.4, 0.5) is 0 Å². The summed E-state index contributed by atoms with van der Waals surface area (Å²) in [6.07, 6.45) is 2.13. The lowest BCUT2D eigenvalue weighted by Gasteiger charge is -2.45. The highest BCUT2D eigenvalue weighted by Crippen LogP contribution is 2.42. The lowest BCUT2D eigenvalue weighted by molar-refractivity contribution is -0.158. The molecule has 0 unspecified atom stereocenters. The Morgan fingerprint density at radius 1 is 0.941 bits per heavy atom. The third-order valence-corrected chi connectivity index (χ3v) is 6.88. The largest absolute Gasteiger partial charge is 0.356 e. The number of para-hydroxylation sites is 1. The van der Waals surface area contributed by atoms with E-state index in [2.05, 4.69) is 16.2 Å². The Balaban J connectivity index is 1.44. The van der Waals surface area contributed by atoms with Crippen LogP contribution in [0.5, 0.6) is 0 Å². The zero-order chi connectivity index (χ0) is 23.2. The molecule has 0 spiro atoms. The summed E-state index contributed by atoms with van der Waals surface area (Å²) in [4.78, 5) is 32.5. The van der Waals surface area contributed by atoms with Gasteiger partial charge in [0.05, 0.1) is 12.3 Å². The molecular weight excluding hydrogens is 424 g/mol. The van der Waals surface area contributed by atoms with Crippen molar-refractivity contribution < 1.29 is 9.59 Å². The minimum absolute atomic E-state index is 0.0728. The molecule has 2 amide bonds. The molecule has 2 aliphatic heterocycles. The van der Waals surface area contributed by atoms with Crippen LogP contribution < -0.4 is 0 Å². The van der Waals surface area contributed by atoms with E-state index in [0.717, 1.165) is 38.9 Å². The van der Waals surface area contributed by atoms with Crippen molar-refractivity contribution in [1.29, 1.82) is 0 Å². The number of benzene rings is 3. The van der Waals surface area contributed by atoms with Crippen LogP contribution in [0.15, 0.2) is 84.0 Å². The molecule has 2 atom stereocenters. The first kappa shape index (κ1) is 20.4. The predicted octanol–water partition coefficient (Wildman–Crippen LogP) is 4.20. The zero-order valence-corrected chi connectivity index (χ0v) is 18.8. The summed E-state index contributed by atoms with van der Waals surface area (Å²) in [7, 11) is 0. The lowest BCUT2D eigenvalue weighted by Crippen LogP contribution is -2.61. The maximum Gasteiger partial charge on any atom is 0.266 e. The molecule has 1 aromatic heterocycles. The van der Waals surface area contributed by atoms with E-state index in [0.29, 0.717) is 6.42 Å². The van der Waals surface area contributed by atoms with Crippen LogP contribution in [0.3, 0.4) is 0 Å². The van der Waals surface area contributed by atoms with E-state index < -0.39 is 6.04 Å². The summed E-state index contributed by atoms with van der Waals surface area (Å²) in [5.41, 5.74) is 6.07. The number of rotatable bonds is 3. The number of carbonyl (C=O) groups is 2. The third-order valence-electron chi connectivity index (χ3n) is 6.88. The van der Waals surface area contributed by atoms with Gasteiger partial charge in [-0.2, -0.15) is 5.10 Å². The first-order valence-corrected chi connectivity index (χ1v) is 11.5. The molecule has 3 aromatic carbocycles. The average Bonchev–Trinajstić information content (AvgIpc) is 3.24. The minimum Gasteiger partial charge on any atom is -0.356 e. The van der Waals surface area contributed by atoms with Gasteiger partial charge in [0.15, 0.2) is 0 Å². The number of piperazine rings is 1. The Kier molecular flexibility index (Phi) is 4.80. The first-order valence-electron chi connectivity index (χ1n) is 11.5. The fourth-order valence-electron chi connectivity index (χ4n) is 5.19. The van der Waals surface area contributed by atoms with Crippen molar-refractivity contribution in [3.05, 3.63) is 107 Å². The van der Waals surface area contributed by atoms with E-state index in [-0.39, 0.29) is 24.4 Å². The number of amides is 2. The first-order chi connectivity index (χ1) is 16.6. The molecule has 1 fully saturated rings. The molecule has 6 rings (SSSR count). The van der Waals surface area contributed by atoms with Gasteiger partial charge in [-0.25, -0.2) is 5.01 Å². The fraction of sp³-hybridized carbons (Fsp3) is 0.179. The normalized spacial score (nSPS) is 20.1. The van der Waals surface area contributed by atoms with Gasteiger partial charge in [0.1, 0.15) is 12.6 Å². The highest BCUT2D eigenvalue weighted by molar-refractivity contribution is 5.98. The van der Waals surface area contributed by atoms with Gasteiger partial charge < -0.3 is 9.88 Å². The maximum atomic E-state index is 13.7. The molecule has 6 nitrogen and oxygen atoms in total. The number of nitrogens with one attached hydrogen (secondary N) is 1. The quantitative estimate of drug-likeness (QED) is 0.478. The van der Waals surface area contributed by atoms with Gasteiger partial charge >= 0.3 is 0 Å². The molecule has 1 saturated heterocycles. The molecule has 1 N–H and O–H groups in total. The molecule has 0 aliphatic carbocycles. The van der Waals surface area contributed by atoms with Crippen molar-refractivity contribution in [1.82, 2.24) is 14.9 Å². The Morgan fingerprint density at radius 2 is 1.68 bits per heavy atom. The van der Waals surface area contributed by atoms with Crippen molar-refractivity contribution in [2.45, 2.75) is 25.4 Å². The van der Waals surface area contributed by atoms with Crippen LogP contribution in [0.25, 0.3) is 10.9 Å². The summed E-state index contributed by atoms with van der Waals surface area (Å²) in [5, 5.41) is 6.87. The van der Waals surface area contributed by atoms with Gasteiger partial charge in [0.2, 0.25) is 5.91 Å². The van der Waals surface area contributed by atoms with Crippen LogP contribution in [0.1, 0.15) is 34.0 Å². The molecular formula is C28H24N4O2. The summed E-state index contributed by atoms with van der Waals surface area (Å²) in [5.74, 6) is -0.258.